The van der Waals surface area contributed by atoms with Crippen molar-refractivity contribution in [3.05, 3.63) is 11.2 Å². The second-order valence-corrected chi connectivity index (χ2v) is 4.11. The summed E-state index contributed by atoms with van der Waals surface area (Å²) in [6.45, 7) is 4.31. The molecular weight excluding hydrogens is 240 g/mol. The summed E-state index contributed by atoms with van der Waals surface area (Å²) in [4.78, 5) is 10.5. The molecule has 0 fully saturated rings. The molecule has 17 heavy (non-hydrogen) atoms. The lowest BCUT2D eigenvalue weighted by Crippen LogP contribution is -2.24. The Bertz CT molecular complexity index is 348. The summed E-state index contributed by atoms with van der Waals surface area (Å²) in [5.41, 5.74) is 0. The fourth-order valence-corrected chi connectivity index (χ4v) is 1.52. The Morgan fingerprint density at radius 2 is 2.29 bits per heavy atom. The maximum atomic E-state index is 6.07. The molecule has 1 aromatic heterocycles. The van der Waals surface area contributed by atoms with Crippen LogP contribution in [0.3, 0.4) is 0 Å². The van der Waals surface area contributed by atoms with Gasteiger partial charge in [-0.2, -0.15) is 4.98 Å². The Kier molecular flexibility index (Phi) is 6.00. The first kappa shape index (κ1) is 14.0. The van der Waals surface area contributed by atoms with Crippen LogP contribution in [0.4, 0.5) is 11.8 Å². The predicted molar refractivity (Wildman–Crippen MR) is 71.0 cm³/mol. The van der Waals surface area contributed by atoms with Crippen LogP contribution in [0.5, 0.6) is 0 Å². The van der Waals surface area contributed by atoms with E-state index in [0.29, 0.717) is 17.6 Å². The Labute approximate surface area is 107 Å². The van der Waals surface area contributed by atoms with Crippen LogP contribution in [-0.2, 0) is 4.74 Å². The van der Waals surface area contributed by atoms with Gasteiger partial charge in [0.25, 0.3) is 0 Å². The van der Waals surface area contributed by atoms with Crippen molar-refractivity contribution in [3.8, 4) is 0 Å². The van der Waals surface area contributed by atoms with Crippen LogP contribution in [-0.4, -0.2) is 43.8 Å². The lowest BCUT2D eigenvalue weighted by molar-refractivity contribution is 0.206. The third-order valence-corrected chi connectivity index (χ3v) is 2.52. The van der Waals surface area contributed by atoms with Gasteiger partial charge in [0.1, 0.15) is 5.02 Å². The number of ether oxygens (including phenoxy) is 1. The van der Waals surface area contributed by atoms with E-state index in [2.05, 4.69) is 22.2 Å². The fourth-order valence-electron chi connectivity index (χ4n) is 1.28. The van der Waals surface area contributed by atoms with Crippen LogP contribution in [0.15, 0.2) is 6.20 Å². The van der Waals surface area contributed by atoms with E-state index in [9.17, 15) is 0 Å². The molecule has 1 aromatic rings. The minimum Gasteiger partial charge on any atom is -0.383 e. The van der Waals surface area contributed by atoms with E-state index in [1.165, 1.54) is 0 Å². The molecule has 0 radical (unpaired) electrons. The highest BCUT2D eigenvalue weighted by molar-refractivity contribution is 6.32. The van der Waals surface area contributed by atoms with Crippen LogP contribution >= 0.6 is 11.6 Å². The normalized spacial score (nSPS) is 10.4. The SMILES string of the molecule is CCCNc1ncc(Cl)c(N(C)CCOC)n1. The summed E-state index contributed by atoms with van der Waals surface area (Å²) >= 11 is 6.07. The monoisotopic (exact) mass is 258 g/mol. The van der Waals surface area contributed by atoms with E-state index < -0.39 is 0 Å². The van der Waals surface area contributed by atoms with Crippen LogP contribution in [0, 0.1) is 0 Å². The van der Waals surface area contributed by atoms with Gasteiger partial charge < -0.3 is 15.0 Å². The number of halogens is 1. The largest absolute Gasteiger partial charge is 0.383 e. The Balaban J connectivity index is 2.74. The molecule has 5 nitrogen and oxygen atoms in total. The smallest absolute Gasteiger partial charge is 0.224 e. The number of hydrogen-bond acceptors (Lipinski definition) is 5. The van der Waals surface area contributed by atoms with E-state index in [0.717, 1.165) is 25.3 Å². The van der Waals surface area contributed by atoms with Gasteiger partial charge in [-0.25, -0.2) is 4.98 Å². The number of hydrogen-bond donors (Lipinski definition) is 1. The van der Waals surface area contributed by atoms with Gasteiger partial charge in [0, 0.05) is 27.2 Å². The maximum absolute atomic E-state index is 6.07. The highest BCUT2D eigenvalue weighted by Gasteiger charge is 2.09. The molecule has 96 valence electrons. The van der Waals surface area contributed by atoms with Gasteiger partial charge in [-0.15, -0.1) is 0 Å². The van der Waals surface area contributed by atoms with Crippen molar-refractivity contribution in [3.63, 3.8) is 0 Å². The van der Waals surface area contributed by atoms with Crippen molar-refractivity contribution in [2.24, 2.45) is 0 Å². The molecule has 1 N–H and O–H groups in total. The van der Waals surface area contributed by atoms with E-state index in [-0.39, 0.29) is 0 Å². The quantitative estimate of drug-likeness (QED) is 0.811. The zero-order chi connectivity index (χ0) is 12.7. The highest BCUT2D eigenvalue weighted by atomic mass is 35.5. The van der Waals surface area contributed by atoms with Crippen molar-refractivity contribution in [2.45, 2.75) is 13.3 Å². The van der Waals surface area contributed by atoms with Crippen molar-refractivity contribution >= 4 is 23.4 Å². The lowest BCUT2D eigenvalue weighted by atomic mass is 10.4. The number of rotatable bonds is 7. The minimum atomic E-state index is 0.547. The molecule has 0 aliphatic rings. The minimum absolute atomic E-state index is 0.547. The summed E-state index contributed by atoms with van der Waals surface area (Å²) in [6, 6.07) is 0. The standard InChI is InChI=1S/C11H19ClN4O/c1-4-5-13-11-14-8-9(12)10(15-11)16(2)6-7-17-3/h8H,4-7H2,1-3H3,(H,13,14,15). The first-order valence-electron chi connectivity index (χ1n) is 5.65. The average molecular weight is 259 g/mol. The maximum Gasteiger partial charge on any atom is 0.224 e. The van der Waals surface area contributed by atoms with Gasteiger partial charge >= 0.3 is 0 Å². The molecule has 0 aromatic carbocycles. The number of nitrogens with one attached hydrogen (secondary N) is 1. The van der Waals surface area contributed by atoms with Gasteiger partial charge in [-0.3, -0.25) is 0 Å². The highest BCUT2D eigenvalue weighted by Crippen LogP contribution is 2.22. The summed E-state index contributed by atoms with van der Waals surface area (Å²) < 4.78 is 5.03. The number of anilines is 2. The van der Waals surface area contributed by atoms with Gasteiger partial charge in [0.05, 0.1) is 12.8 Å². The van der Waals surface area contributed by atoms with Crippen LogP contribution in [0.1, 0.15) is 13.3 Å². The molecule has 0 amide bonds. The van der Waals surface area contributed by atoms with Crippen molar-refractivity contribution in [1.29, 1.82) is 0 Å². The fraction of sp³-hybridized carbons (Fsp3) is 0.636. The molecule has 6 heteroatoms. The van der Waals surface area contributed by atoms with Crippen molar-refractivity contribution < 1.29 is 4.74 Å². The van der Waals surface area contributed by atoms with Crippen LogP contribution in [0.2, 0.25) is 5.02 Å². The van der Waals surface area contributed by atoms with Crippen molar-refractivity contribution in [1.82, 2.24) is 9.97 Å². The first-order valence-corrected chi connectivity index (χ1v) is 6.03. The summed E-state index contributed by atoms with van der Waals surface area (Å²) in [5.74, 6) is 1.33. The lowest BCUT2D eigenvalue weighted by Gasteiger charge is -2.19. The molecule has 1 rings (SSSR count). The number of aromatic nitrogens is 2. The summed E-state index contributed by atoms with van der Waals surface area (Å²) in [5, 5.41) is 3.68. The first-order chi connectivity index (χ1) is 8.19. The molecule has 1 heterocycles. The zero-order valence-corrected chi connectivity index (χ0v) is 11.3. The van der Waals surface area contributed by atoms with Crippen molar-refractivity contribution in [2.75, 3.05) is 44.1 Å². The molecule has 0 aliphatic carbocycles. The average Bonchev–Trinajstić information content (AvgIpc) is 2.35. The van der Waals surface area contributed by atoms with Crippen LogP contribution in [0.25, 0.3) is 0 Å². The molecule has 0 saturated carbocycles. The van der Waals surface area contributed by atoms with E-state index in [4.69, 9.17) is 16.3 Å². The van der Waals surface area contributed by atoms with E-state index in [1.807, 2.05) is 11.9 Å². The number of methoxy groups -OCH3 is 1. The molecule has 0 atom stereocenters. The van der Waals surface area contributed by atoms with Gasteiger partial charge in [0.2, 0.25) is 5.95 Å². The number of likely N-dealkylation sites (N-methyl/N-ethyl adjacent to an activating group) is 1. The molecule has 0 unspecified atom stereocenters. The Hall–Kier alpha value is -1.07. The van der Waals surface area contributed by atoms with E-state index in [1.54, 1.807) is 13.3 Å². The summed E-state index contributed by atoms with van der Waals surface area (Å²) in [7, 11) is 3.60. The van der Waals surface area contributed by atoms with Gasteiger partial charge in [-0.1, -0.05) is 18.5 Å². The van der Waals surface area contributed by atoms with E-state index >= 15 is 0 Å². The molecule has 0 aliphatic heterocycles. The third-order valence-electron chi connectivity index (χ3n) is 2.25. The zero-order valence-electron chi connectivity index (χ0n) is 10.5. The molecular formula is C11H19ClN4O. The van der Waals surface area contributed by atoms with Gasteiger partial charge in [0.15, 0.2) is 5.82 Å². The van der Waals surface area contributed by atoms with Gasteiger partial charge in [-0.05, 0) is 6.42 Å². The third kappa shape index (κ3) is 4.36. The Morgan fingerprint density at radius 1 is 1.53 bits per heavy atom. The second-order valence-electron chi connectivity index (χ2n) is 3.71. The Morgan fingerprint density at radius 3 is 2.94 bits per heavy atom. The summed E-state index contributed by atoms with van der Waals surface area (Å²) in [6.07, 6.45) is 2.64. The molecule has 0 saturated heterocycles. The second kappa shape index (κ2) is 7.29. The molecule has 0 bridgehead atoms. The number of nitrogens with zero attached hydrogens (tertiary/aromatic N) is 3. The van der Waals surface area contributed by atoms with Crippen LogP contribution < -0.4 is 10.2 Å². The topological polar surface area (TPSA) is 50.3 Å². The molecule has 0 spiro atoms. The predicted octanol–water partition coefficient (Wildman–Crippen LogP) is 2.03.